The van der Waals surface area contributed by atoms with Crippen LogP contribution in [0.4, 0.5) is 4.79 Å². The Morgan fingerprint density at radius 1 is 1.32 bits per heavy atom. The average Bonchev–Trinajstić information content (AvgIpc) is 2.55. The number of hydrogen-bond acceptors (Lipinski definition) is 4. The SMILES string of the molecule is CC(C)NC(=O)NC(=O)CN(C)C1CCCNCC1. The van der Waals surface area contributed by atoms with Crippen LogP contribution in [-0.2, 0) is 4.79 Å². The first kappa shape index (κ1) is 15.9. The molecule has 3 N–H and O–H groups in total. The molecule has 1 atom stereocenters. The van der Waals surface area contributed by atoms with Crippen LogP contribution in [0.2, 0.25) is 0 Å². The maximum Gasteiger partial charge on any atom is 0.321 e. The molecule has 6 nitrogen and oxygen atoms in total. The Hall–Kier alpha value is -1.14. The minimum atomic E-state index is -0.420. The molecule has 1 fully saturated rings. The second kappa shape index (κ2) is 8.12. The Bertz CT molecular complexity index is 299. The van der Waals surface area contributed by atoms with E-state index in [9.17, 15) is 9.59 Å². The fraction of sp³-hybridized carbons (Fsp3) is 0.846. The highest BCUT2D eigenvalue weighted by molar-refractivity contribution is 5.95. The molecule has 1 rings (SSSR count). The van der Waals surface area contributed by atoms with Gasteiger partial charge < -0.3 is 10.6 Å². The van der Waals surface area contributed by atoms with Gasteiger partial charge in [0.2, 0.25) is 5.91 Å². The van der Waals surface area contributed by atoms with Crippen LogP contribution in [0.25, 0.3) is 0 Å². The zero-order valence-electron chi connectivity index (χ0n) is 12.2. The summed E-state index contributed by atoms with van der Waals surface area (Å²) in [5, 5.41) is 8.34. The lowest BCUT2D eigenvalue weighted by Crippen LogP contribution is -2.47. The van der Waals surface area contributed by atoms with Gasteiger partial charge in [-0.2, -0.15) is 0 Å². The van der Waals surface area contributed by atoms with Crippen molar-refractivity contribution in [3.63, 3.8) is 0 Å². The molecule has 1 aliphatic rings. The van der Waals surface area contributed by atoms with E-state index < -0.39 is 6.03 Å². The van der Waals surface area contributed by atoms with Gasteiger partial charge >= 0.3 is 6.03 Å². The number of rotatable bonds is 4. The van der Waals surface area contributed by atoms with Gasteiger partial charge in [0, 0.05) is 12.1 Å². The standard InChI is InChI=1S/C13H26N4O2/c1-10(2)15-13(19)16-12(18)9-17(3)11-5-4-7-14-8-6-11/h10-11,14H,4-9H2,1-3H3,(H2,15,16,18,19). The van der Waals surface area contributed by atoms with Gasteiger partial charge in [0.1, 0.15) is 0 Å². The van der Waals surface area contributed by atoms with Crippen molar-refractivity contribution in [3.8, 4) is 0 Å². The lowest BCUT2D eigenvalue weighted by atomic mass is 10.1. The van der Waals surface area contributed by atoms with Crippen molar-refractivity contribution in [1.82, 2.24) is 20.9 Å². The van der Waals surface area contributed by atoms with Gasteiger partial charge in [-0.05, 0) is 53.2 Å². The fourth-order valence-corrected chi connectivity index (χ4v) is 2.26. The number of likely N-dealkylation sites (N-methyl/N-ethyl adjacent to an activating group) is 1. The summed E-state index contributed by atoms with van der Waals surface area (Å²) in [6.45, 7) is 6.01. The van der Waals surface area contributed by atoms with Gasteiger partial charge in [-0.25, -0.2) is 4.79 Å². The molecular weight excluding hydrogens is 244 g/mol. The van der Waals surface area contributed by atoms with E-state index in [1.807, 2.05) is 25.8 Å². The normalized spacial score (nSPS) is 20.2. The molecule has 1 unspecified atom stereocenters. The highest BCUT2D eigenvalue weighted by atomic mass is 16.2. The lowest BCUT2D eigenvalue weighted by Gasteiger charge is -2.26. The zero-order valence-corrected chi connectivity index (χ0v) is 12.2. The number of urea groups is 1. The minimum absolute atomic E-state index is 0.0264. The Morgan fingerprint density at radius 3 is 2.74 bits per heavy atom. The van der Waals surface area contributed by atoms with Crippen molar-refractivity contribution in [2.45, 2.75) is 45.2 Å². The molecular formula is C13H26N4O2. The summed E-state index contributed by atoms with van der Waals surface area (Å²) in [4.78, 5) is 25.2. The summed E-state index contributed by atoms with van der Waals surface area (Å²) in [5.41, 5.74) is 0. The van der Waals surface area contributed by atoms with Crippen molar-refractivity contribution in [3.05, 3.63) is 0 Å². The molecule has 110 valence electrons. The van der Waals surface area contributed by atoms with Crippen LogP contribution >= 0.6 is 0 Å². The van der Waals surface area contributed by atoms with Gasteiger partial charge in [-0.1, -0.05) is 0 Å². The molecule has 6 heteroatoms. The summed E-state index contributed by atoms with van der Waals surface area (Å²) >= 11 is 0. The number of nitrogens with one attached hydrogen (secondary N) is 3. The first-order valence-corrected chi connectivity index (χ1v) is 7.00. The molecule has 0 aromatic heterocycles. The van der Waals surface area contributed by atoms with E-state index in [4.69, 9.17) is 0 Å². The lowest BCUT2D eigenvalue weighted by molar-refractivity contribution is -0.121. The largest absolute Gasteiger partial charge is 0.336 e. The van der Waals surface area contributed by atoms with Crippen molar-refractivity contribution < 1.29 is 9.59 Å². The van der Waals surface area contributed by atoms with Crippen molar-refractivity contribution in [1.29, 1.82) is 0 Å². The van der Waals surface area contributed by atoms with E-state index in [1.165, 1.54) is 0 Å². The molecule has 0 aliphatic carbocycles. The van der Waals surface area contributed by atoms with Gasteiger partial charge in [-0.3, -0.25) is 15.0 Å². The van der Waals surface area contributed by atoms with E-state index >= 15 is 0 Å². The number of hydrogen-bond donors (Lipinski definition) is 3. The van der Waals surface area contributed by atoms with Crippen LogP contribution in [0, 0.1) is 0 Å². The Balaban J connectivity index is 2.32. The summed E-state index contributed by atoms with van der Waals surface area (Å²) in [6, 6.07) is 0.0169. The topological polar surface area (TPSA) is 73.5 Å². The number of amides is 3. The number of imide groups is 1. The van der Waals surface area contributed by atoms with Gasteiger partial charge in [0.15, 0.2) is 0 Å². The summed E-state index contributed by atoms with van der Waals surface area (Å²) in [7, 11) is 1.94. The van der Waals surface area contributed by atoms with Crippen LogP contribution in [0.3, 0.4) is 0 Å². The molecule has 19 heavy (non-hydrogen) atoms. The van der Waals surface area contributed by atoms with Gasteiger partial charge in [-0.15, -0.1) is 0 Å². The molecule has 3 amide bonds. The minimum Gasteiger partial charge on any atom is -0.336 e. The second-order valence-corrected chi connectivity index (χ2v) is 5.43. The van der Waals surface area contributed by atoms with Gasteiger partial charge in [0.25, 0.3) is 0 Å². The number of carbonyl (C=O) groups excluding carboxylic acids is 2. The van der Waals surface area contributed by atoms with E-state index in [-0.39, 0.29) is 18.5 Å². The summed E-state index contributed by atoms with van der Waals surface area (Å²) in [6.07, 6.45) is 3.27. The molecule has 1 heterocycles. The smallest absolute Gasteiger partial charge is 0.321 e. The maximum atomic E-state index is 11.7. The van der Waals surface area contributed by atoms with Crippen molar-refractivity contribution in [2.24, 2.45) is 0 Å². The molecule has 0 bridgehead atoms. The molecule has 1 saturated heterocycles. The monoisotopic (exact) mass is 270 g/mol. The number of nitrogens with zero attached hydrogens (tertiary/aromatic N) is 1. The predicted molar refractivity (Wildman–Crippen MR) is 74.9 cm³/mol. The third-order valence-electron chi connectivity index (χ3n) is 3.23. The zero-order chi connectivity index (χ0) is 14.3. The highest BCUT2D eigenvalue weighted by Gasteiger charge is 2.19. The average molecular weight is 270 g/mol. The van der Waals surface area contributed by atoms with Crippen LogP contribution < -0.4 is 16.0 Å². The molecule has 0 radical (unpaired) electrons. The third-order valence-corrected chi connectivity index (χ3v) is 3.23. The molecule has 0 aromatic rings. The van der Waals surface area contributed by atoms with E-state index in [0.717, 1.165) is 32.4 Å². The highest BCUT2D eigenvalue weighted by Crippen LogP contribution is 2.11. The Labute approximate surface area is 115 Å². The first-order valence-electron chi connectivity index (χ1n) is 7.00. The molecule has 0 spiro atoms. The number of carbonyl (C=O) groups is 2. The Kier molecular flexibility index (Phi) is 6.80. The van der Waals surface area contributed by atoms with E-state index in [2.05, 4.69) is 16.0 Å². The van der Waals surface area contributed by atoms with Crippen LogP contribution in [-0.4, -0.2) is 55.6 Å². The quantitative estimate of drug-likeness (QED) is 0.687. The Morgan fingerprint density at radius 2 is 2.05 bits per heavy atom. The summed E-state index contributed by atoms with van der Waals surface area (Å²) in [5.74, 6) is -0.252. The predicted octanol–water partition coefficient (Wildman–Crippen LogP) is 0.295. The van der Waals surface area contributed by atoms with E-state index in [0.29, 0.717) is 6.04 Å². The van der Waals surface area contributed by atoms with Crippen molar-refractivity contribution >= 4 is 11.9 Å². The molecule has 0 aromatic carbocycles. The second-order valence-electron chi connectivity index (χ2n) is 5.43. The van der Waals surface area contributed by atoms with Crippen molar-refractivity contribution in [2.75, 3.05) is 26.7 Å². The third kappa shape index (κ3) is 6.54. The first-order chi connectivity index (χ1) is 8.99. The van der Waals surface area contributed by atoms with Crippen LogP contribution in [0.1, 0.15) is 33.1 Å². The van der Waals surface area contributed by atoms with Gasteiger partial charge in [0.05, 0.1) is 6.54 Å². The van der Waals surface area contributed by atoms with Crippen LogP contribution in [0.5, 0.6) is 0 Å². The maximum absolute atomic E-state index is 11.7. The summed E-state index contributed by atoms with van der Waals surface area (Å²) < 4.78 is 0. The fourth-order valence-electron chi connectivity index (χ4n) is 2.26. The molecule has 0 saturated carbocycles. The van der Waals surface area contributed by atoms with E-state index in [1.54, 1.807) is 0 Å². The molecule has 1 aliphatic heterocycles. The van der Waals surface area contributed by atoms with Crippen LogP contribution in [0.15, 0.2) is 0 Å².